The van der Waals surface area contributed by atoms with Gasteiger partial charge in [0.05, 0.1) is 22.4 Å². The molecule has 0 atom stereocenters. The minimum atomic E-state index is -2.13. The number of ether oxygens (including phenoxy) is 1. The van der Waals surface area contributed by atoms with Crippen LogP contribution < -0.4 is 14.5 Å². The number of benzene rings is 6. The van der Waals surface area contributed by atoms with Crippen molar-refractivity contribution >= 4 is 44.6 Å². The van der Waals surface area contributed by atoms with Gasteiger partial charge in [0.2, 0.25) is 0 Å². The zero-order valence-electron chi connectivity index (χ0n) is 35.3. The number of anilines is 4. The molecule has 4 bridgehead atoms. The number of rotatable bonds is 7. The molecule has 5 nitrogen and oxygen atoms in total. The normalized spacial score (nSPS) is 24.2. The van der Waals surface area contributed by atoms with Gasteiger partial charge in [0.1, 0.15) is 24.0 Å². The van der Waals surface area contributed by atoms with Crippen molar-refractivity contribution in [1.29, 1.82) is 0 Å². The standard InChI is InChI=1S/C53H46N4O/c1-35-18-20-38(21-19-35)53(40-27-36-26-37(29-40)30-41(53)28-36)39-24-25-54-52(31-39)57-48-15-6-5-14-46(48)47-23-22-45(33-51(47)57)58-44-13-9-12-43(32-44)56-34-55(42-10-3-2-4-11-42)49-16-7-8-17-50(49)56/h2-25,31-33,36-37,40-41H,26-30,34H2,1H3/i1D3. The second-order valence-electron chi connectivity index (χ2n) is 17.1. The molecule has 5 aliphatic rings. The van der Waals surface area contributed by atoms with Gasteiger partial charge < -0.3 is 14.5 Å². The Labute approximate surface area is 344 Å². The fraction of sp³-hybridized carbons (Fsp3) is 0.226. The highest BCUT2D eigenvalue weighted by Crippen LogP contribution is 2.65. The van der Waals surface area contributed by atoms with E-state index in [1.165, 1.54) is 54.3 Å². The molecule has 284 valence electrons. The molecule has 8 aromatic rings. The van der Waals surface area contributed by atoms with Crippen molar-refractivity contribution in [3.63, 3.8) is 0 Å². The summed E-state index contributed by atoms with van der Waals surface area (Å²) in [4.78, 5) is 9.81. The number of aromatic nitrogens is 2. The Morgan fingerprint density at radius 3 is 2.02 bits per heavy atom. The van der Waals surface area contributed by atoms with E-state index in [9.17, 15) is 0 Å². The van der Waals surface area contributed by atoms with Crippen LogP contribution in [0, 0.1) is 30.5 Å². The van der Waals surface area contributed by atoms with Gasteiger partial charge in [0.25, 0.3) is 0 Å². The van der Waals surface area contributed by atoms with E-state index in [1.807, 2.05) is 24.4 Å². The van der Waals surface area contributed by atoms with Crippen LogP contribution in [0.5, 0.6) is 11.5 Å². The Bertz CT molecular complexity index is 2930. The largest absolute Gasteiger partial charge is 0.457 e. The molecule has 6 aromatic carbocycles. The molecule has 1 aliphatic heterocycles. The third kappa shape index (κ3) is 5.18. The number of hydrogen-bond donors (Lipinski definition) is 0. The fourth-order valence-electron chi connectivity index (χ4n) is 12.0. The summed E-state index contributed by atoms with van der Waals surface area (Å²) >= 11 is 0. The van der Waals surface area contributed by atoms with Crippen LogP contribution in [0.25, 0.3) is 27.6 Å². The van der Waals surface area contributed by atoms with E-state index in [0.717, 1.165) is 62.6 Å². The minimum absolute atomic E-state index is 0.204. The minimum Gasteiger partial charge on any atom is -0.457 e. The average molecular weight is 758 g/mol. The first-order chi connectivity index (χ1) is 29.8. The van der Waals surface area contributed by atoms with Crippen LogP contribution in [0.15, 0.2) is 164 Å². The predicted molar refractivity (Wildman–Crippen MR) is 236 cm³/mol. The molecule has 58 heavy (non-hydrogen) atoms. The maximum atomic E-state index is 8.09. The topological polar surface area (TPSA) is 33.5 Å². The first-order valence-corrected chi connectivity index (χ1v) is 20.9. The summed E-state index contributed by atoms with van der Waals surface area (Å²) in [7, 11) is 0. The van der Waals surface area contributed by atoms with Gasteiger partial charge in [0.15, 0.2) is 0 Å². The molecule has 3 heterocycles. The van der Waals surface area contributed by atoms with Gasteiger partial charge in [-0.1, -0.05) is 84.4 Å². The molecular formula is C53H46N4O. The molecule has 0 spiro atoms. The lowest BCUT2D eigenvalue weighted by atomic mass is 9.42. The molecule has 4 aliphatic carbocycles. The van der Waals surface area contributed by atoms with Gasteiger partial charge in [-0.15, -0.1) is 0 Å². The Morgan fingerprint density at radius 2 is 1.24 bits per heavy atom. The van der Waals surface area contributed by atoms with Crippen LogP contribution in [0.2, 0.25) is 0 Å². The van der Waals surface area contributed by atoms with E-state index in [2.05, 4.69) is 154 Å². The quantitative estimate of drug-likeness (QED) is 0.162. The number of aryl methyl sites for hydroxylation is 1. The van der Waals surface area contributed by atoms with Crippen molar-refractivity contribution in [2.24, 2.45) is 23.7 Å². The van der Waals surface area contributed by atoms with E-state index in [0.29, 0.717) is 24.1 Å². The van der Waals surface area contributed by atoms with Gasteiger partial charge in [-0.3, -0.25) is 4.57 Å². The summed E-state index contributed by atoms with van der Waals surface area (Å²) in [6, 6.07) is 55.0. The second kappa shape index (κ2) is 13.1. The highest BCUT2D eigenvalue weighted by atomic mass is 16.5. The summed E-state index contributed by atoms with van der Waals surface area (Å²) in [6.07, 6.45) is 8.24. The molecule has 0 unspecified atom stereocenters. The first kappa shape index (κ1) is 30.8. The number of pyridine rings is 1. The van der Waals surface area contributed by atoms with Crippen molar-refractivity contribution in [2.75, 3.05) is 16.5 Å². The molecule has 0 radical (unpaired) electrons. The molecule has 13 rings (SSSR count). The van der Waals surface area contributed by atoms with Gasteiger partial charge in [0, 0.05) is 50.0 Å². The second-order valence-corrected chi connectivity index (χ2v) is 17.1. The van der Waals surface area contributed by atoms with Crippen LogP contribution in [0.3, 0.4) is 0 Å². The third-order valence-electron chi connectivity index (χ3n) is 14.1. The zero-order chi connectivity index (χ0) is 40.9. The Balaban J connectivity index is 0.932. The zero-order valence-corrected chi connectivity index (χ0v) is 32.3. The molecule has 0 saturated heterocycles. The lowest BCUT2D eigenvalue weighted by molar-refractivity contribution is -0.0418. The third-order valence-corrected chi connectivity index (χ3v) is 14.1. The van der Waals surface area contributed by atoms with Crippen LogP contribution in [-0.4, -0.2) is 16.2 Å². The molecule has 4 saturated carbocycles. The van der Waals surface area contributed by atoms with Crippen LogP contribution in [0.1, 0.15) is 52.9 Å². The predicted octanol–water partition coefficient (Wildman–Crippen LogP) is 13.3. The summed E-state index contributed by atoms with van der Waals surface area (Å²) in [6.45, 7) is -1.44. The summed E-state index contributed by atoms with van der Waals surface area (Å²) in [5.41, 5.74) is 9.42. The first-order valence-electron chi connectivity index (χ1n) is 22.4. The highest BCUT2D eigenvalue weighted by molar-refractivity contribution is 6.09. The smallest absolute Gasteiger partial charge is 0.137 e. The number of fused-ring (bicyclic) bond motifs is 4. The SMILES string of the molecule is [2H]C([2H])([2H])c1ccc(C2(c3ccnc(-n4c5ccccc5c5ccc(Oc6cccc(N7CN(c8ccccc8)c8ccccc87)c6)cc54)c3)C3CC4CC(C3)CC2C4)cc1. The lowest BCUT2D eigenvalue weighted by Crippen LogP contribution is -2.56. The maximum absolute atomic E-state index is 8.09. The number of hydrogen-bond acceptors (Lipinski definition) is 4. The number of nitrogens with zero attached hydrogens (tertiary/aromatic N) is 4. The molecule has 4 fully saturated rings. The van der Waals surface area contributed by atoms with Gasteiger partial charge in [-0.05, 0) is 140 Å². The molecule has 0 amide bonds. The monoisotopic (exact) mass is 757 g/mol. The molecule has 5 heteroatoms. The van der Waals surface area contributed by atoms with E-state index < -0.39 is 6.85 Å². The molecular weight excluding hydrogens is 709 g/mol. The van der Waals surface area contributed by atoms with Crippen LogP contribution >= 0.6 is 0 Å². The van der Waals surface area contributed by atoms with Crippen LogP contribution in [0.4, 0.5) is 22.7 Å². The van der Waals surface area contributed by atoms with Crippen molar-refractivity contribution < 1.29 is 8.85 Å². The van der Waals surface area contributed by atoms with E-state index in [-0.39, 0.29) is 5.41 Å². The van der Waals surface area contributed by atoms with E-state index in [4.69, 9.17) is 13.8 Å². The number of para-hydroxylation sites is 4. The van der Waals surface area contributed by atoms with Crippen LogP contribution in [-0.2, 0) is 5.41 Å². The molecule has 2 aromatic heterocycles. The Morgan fingerprint density at radius 1 is 0.569 bits per heavy atom. The van der Waals surface area contributed by atoms with E-state index >= 15 is 0 Å². The lowest BCUT2D eigenvalue weighted by Gasteiger charge is -2.62. The van der Waals surface area contributed by atoms with Gasteiger partial charge in [-0.25, -0.2) is 4.98 Å². The van der Waals surface area contributed by atoms with Crippen molar-refractivity contribution in [2.45, 2.75) is 44.4 Å². The summed E-state index contributed by atoms with van der Waals surface area (Å²) in [5.74, 6) is 4.97. The Hall–Kier alpha value is -6.33. The summed E-state index contributed by atoms with van der Waals surface area (Å²) in [5, 5.41) is 2.31. The van der Waals surface area contributed by atoms with E-state index in [1.54, 1.807) is 0 Å². The van der Waals surface area contributed by atoms with Crippen molar-refractivity contribution in [1.82, 2.24) is 9.55 Å². The maximum Gasteiger partial charge on any atom is 0.137 e. The fourth-order valence-corrected chi connectivity index (χ4v) is 12.0. The highest BCUT2D eigenvalue weighted by Gasteiger charge is 2.58. The van der Waals surface area contributed by atoms with Gasteiger partial charge in [-0.2, -0.15) is 0 Å². The molecule has 0 N–H and O–H groups in total. The van der Waals surface area contributed by atoms with Crippen molar-refractivity contribution in [3.05, 3.63) is 181 Å². The van der Waals surface area contributed by atoms with Crippen molar-refractivity contribution in [3.8, 4) is 17.3 Å². The Kier molecular flexibility index (Phi) is 6.95. The average Bonchev–Trinajstić information content (AvgIpc) is 3.83. The summed E-state index contributed by atoms with van der Waals surface area (Å²) < 4.78 is 33.3. The van der Waals surface area contributed by atoms with Gasteiger partial charge >= 0.3 is 0 Å².